The summed E-state index contributed by atoms with van der Waals surface area (Å²) in [6.45, 7) is 4.10. The van der Waals surface area contributed by atoms with Gasteiger partial charge in [-0.15, -0.1) is 0 Å². The molecule has 0 amide bonds. The summed E-state index contributed by atoms with van der Waals surface area (Å²) in [7, 11) is 1.54. The molecule has 2 heterocycles. The van der Waals surface area contributed by atoms with Crippen LogP contribution in [0.15, 0.2) is 50.4 Å². The van der Waals surface area contributed by atoms with Crippen molar-refractivity contribution in [3.8, 4) is 11.5 Å². The van der Waals surface area contributed by atoms with Crippen molar-refractivity contribution < 1.29 is 18.3 Å². The Kier molecular flexibility index (Phi) is 3.63. The van der Waals surface area contributed by atoms with Gasteiger partial charge in [0.2, 0.25) is 5.75 Å². The van der Waals surface area contributed by atoms with Crippen LogP contribution in [0.1, 0.15) is 13.8 Å². The molecule has 114 valence electrons. The molecule has 0 N–H and O–H groups in total. The van der Waals surface area contributed by atoms with Crippen molar-refractivity contribution in [2.45, 2.75) is 13.8 Å². The molecule has 22 heavy (non-hydrogen) atoms. The van der Waals surface area contributed by atoms with Gasteiger partial charge in [-0.25, -0.2) is 4.79 Å². The number of furan rings is 1. The van der Waals surface area contributed by atoms with Gasteiger partial charge >= 0.3 is 5.63 Å². The van der Waals surface area contributed by atoms with Crippen molar-refractivity contribution in [2.75, 3.05) is 7.11 Å². The standard InChI is InChI=1S/C17H16O5/c1-10(2)6-8-21-17-15(19-3)11-4-5-13(18)22-14(11)12-7-9-20-16(12)17/h4-10H,1-3H3/b8-6+. The molecule has 5 nitrogen and oxygen atoms in total. The van der Waals surface area contributed by atoms with Crippen molar-refractivity contribution in [1.29, 1.82) is 0 Å². The number of hydrogen-bond donors (Lipinski definition) is 0. The Morgan fingerprint density at radius 3 is 2.64 bits per heavy atom. The van der Waals surface area contributed by atoms with Gasteiger partial charge in [0, 0.05) is 6.07 Å². The monoisotopic (exact) mass is 300 g/mol. The molecule has 0 saturated carbocycles. The first-order valence-corrected chi connectivity index (χ1v) is 6.96. The van der Waals surface area contributed by atoms with Crippen LogP contribution in [0.2, 0.25) is 0 Å². The van der Waals surface area contributed by atoms with E-state index in [0.717, 1.165) is 0 Å². The highest BCUT2D eigenvalue weighted by Crippen LogP contribution is 2.43. The van der Waals surface area contributed by atoms with Crippen LogP contribution in [-0.4, -0.2) is 7.11 Å². The van der Waals surface area contributed by atoms with Gasteiger partial charge in [-0.1, -0.05) is 13.8 Å². The number of benzene rings is 1. The first-order valence-electron chi connectivity index (χ1n) is 6.96. The molecule has 0 saturated heterocycles. The van der Waals surface area contributed by atoms with E-state index in [2.05, 4.69) is 13.8 Å². The van der Waals surface area contributed by atoms with Gasteiger partial charge in [-0.2, -0.15) is 0 Å². The van der Waals surface area contributed by atoms with E-state index >= 15 is 0 Å². The highest BCUT2D eigenvalue weighted by atomic mass is 16.5. The molecule has 5 heteroatoms. The van der Waals surface area contributed by atoms with Crippen LogP contribution in [0.5, 0.6) is 11.5 Å². The zero-order chi connectivity index (χ0) is 15.7. The lowest BCUT2D eigenvalue weighted by molar-refractivity contribution is 0.379. The second-order valence-corrected chi connectivity index (χ2v) is 5.21. The molecule has 0 atom stereocenters. The van der Waals surface area contributed by atoms with Gasteiger partial charge < -0.3 is 18.3 Å². The van der Waals surface area contributed by atoms with Crippen LogP contribution in [0.4, 0.5) is 0 Å². The average molecular weight is 300 g/mol. The maximum Gasteiger partial charge on any atom is 0.336 e. The third kappa shape index (κ3) is 2.35. The summed E-state index contributed by atoms with van der Waals surface area (Å²) in [5.74, 6) is 1.28. The molecule has 0 aliphatic heterocycles. The summed E-state index contributed by atoms with van der Waals surface area (Å²) in [4.78, 5) is 11.5. The summed E-state index contributed by atoms with van der Waals surface area (Å²) in [5.41, 5.74) is 0.478. The van der Waals surface area contributed by atoms with E-state index in [1.54, 1.807) is 18.4 Å². The summed E-state index contributed by atoms with van der Waals surface area (Å²) in [6, 6.07) is 4.75. The molecule has 1 aromatic carbocycles. The molecule has 3 rings (SSSR count). The quantitative estimate of drug-likeness (QED) is 0.536. The van der Waals surface area contributed by atoms with Gasteiger partial charge in [0.25, 0.3) is 0 Å². The van der Waals surface area contributed by atoms with Crippen molar-refractivity contribution in [2.24, 2.45) is 5.92 Å². The predicted molar refractivity (Wildman–Crippen MR) is 83.4 cm³/mol. The fraction of sp³-hybridized carbons (Fsp3) is 0.235. The molecular formula is C17H16O5. The number of ether oxygens (including phenoxy) is 2. The van der Waals surface area contributed by atoms with Gasteiger partial charge in [0.05, 0.1) is 30.4 Å². The Labute approximate surface area is 126 Å². The summed E-state index contributed by atoms with van der Waals surface area (Å²) < 4.78 is 22.0. The van der Waals surface area contributed by atoms with Crippen LogP contribution < -0.4 is 15.1 Å². The number of fused-ring (bicyclic) bond motifs is 3. The van der Waals surface area contributed by atoms with Crippen LogP contribution >= 0.6 is 0 Å². The predicted octanol–water partition coefficient (Wildman–Crippen LogP) is 4.10. The molecular weight excluding hydrogens is 284 g/mol. The lowest BCUT2D eigenvalue weighted by Gasteiger charge is -2.11. The maximum atomic E-state index is 11.5. The molecule has 0 unspecified atom stereocenters. The summed E-state index contributed by atoms with van der Waals surface area (Å²) in [5, 5.41) is 1.32. The third-order valence-electron chi connectivity index (χ3n) is 3.25. The molecule has 0 bridgehead atoms. The first kappa shape index (κ1) is 14.3. The Bertz CT molecular complexity index is 898. The minimum absolute atomic E-state index is 0.358. The lowest BCUT2D eigenvalue weighted by Crippen LogP contribution is -1.98. The van der Waals surface area contributed by atoms with Crippen LogP contribution in [0.25, 0.3) is 21.9 Å². The molecule has 0 spiro atoms. The summed E-state index contributed by atoms with van der Waals surface area (Å²) >= 11 is 0. The SMILES string of the molecule is COc1c(O/C=C/C(C)C)c2occc2c2oc(=O)ccc12. The van der Waals surface area contributed by atoms with Gasteiger partial charge in [0.1, 0.15) is 0 Å². The Hall–Kier alpha value is -2.69. The first-order chi connectivity index (χ1) is 10.6. The second-order valence-electron chi connectivity index (χ2n) is 5.21. The van der Waals surface area contributed by atoms with E-state index in [9.17, 15) is 4.79 Å². The van der Waals surface area contributed by atoms with E-state index in [0.29, 0.717) is 39.4 Å². The largest absolute Gasteiger partial charge is 0.492 e. The van der Waals surface area contributed by atoms with E-state index in [-0.39, 0.29) is 0 Å². The normalized spacial score (nSPS) is 11.8. The highest BCUT2D eigenvalue weighted by molar-refractivity contribution is 6.08. The molecule has 0 aliphatic rings. The van der Waals surface area contributed by atoms with E-state index in [4.69, 9.17) is 18.3 Å². The Morgan fingerprint density at radius 2 is 1.91 bits per heavy atom. The van der Waals surface area contributed by atoms with Gasteiger partial charge in [-0.05, 0) is 24.1 Å². The maximum absolute atomic E-state index is 11.5. The fourth-order valence-electron chi connectivity index (χ4n) is 2.26. The molecule has 0 aliphatic carbocycles. The van der Waals surface area contributed by atoms with Crippen molar-refractivity contribution in [1.82, 2.24) is 0 Å². The Balaban J connectivity index is 2.31. The fourth-order valence-corrected chi connectivity index (χ4v) is 2.26. The average Bonchev–Trinajstić information content (AvgIpc) is 2.96. The zero-order valence-corrected chi connectivity index (χ0v) is 12.6. The second kappa shape index (κ2) is 5.60. The van der Waals surface area contributed by atoms with Crippen LogP contribution in [0, 0.1) is 5.92 Å². The minimum Gasteiger partial charge on any atom is -0.492 e. The molecule has 3 aromatic rings. The Morgan fingerprint density at radius 1 is 1.09 bits per heavy atom. The number of hydrogen-bond acceptors (Lipinski definition) is 5. The lowest BCUT2D eigenvalue weighted by atomic mass is 10.1. The van der Waals surface area contributed by atoms with Gasteiger partial charge in [-0.3, -0.25) is 0 Å². The number of allylic oxidation sites excluding steroid dienone is 1. The minimum atomic E-state index is -0.426. The molecule has 0 fully saturated rings. The zero-order valence-electron chi connectivity index (χ0n) is 12.6. The van der Waals surface area contributed by atoms with Crippen molar-refractivity contribution in [3.63, 3.8) is 0 Å². The number of rotatable bonds is 4. The smallest absolute Gasteiger partial charge is 0.336 e. The van der Waals surface area contributed by atoms with E-state index in [1.807, 2.05) is 6.08 Å². The summed E-state index contributed by atoms with van der Waals surface area (Å²) in [6.07, 6.45) is 5.05. The van der Waals surface area contributed by atoms with Crippen molar-refractivity contribution >= 4 is 21.9 Å². The van der Waals surface area contributed by atoms with Gasteiger partial charge in [0.15, 0.2) is 16.9 Å². The topological polar surface area (TPSA) is 61.8 Å². The van der Waals surface area contributed by atoms with Crippen molar-refractivity contribution in [3.05, 3.63) is 47.2 Å². The highest BCUT2D eigenvalue weighted by Gasteiger charge is 2.20. The number of methoxy groups -OCH3 is 1. The van der Waals surface area contributed by atoms with E-state index in [1.165, 1.54) is 19.4 Å². The molecule has 0 radical (unpaired) electrons. The van der Waals surface area contributed by atoms with Crippen LogP contribution in [0.3, 0.4) is 0 Å². The van der Waals surface area contributed by atoms with Crippen LogP contribution in [-0.2, 0) is 0 Å². The van der Waals surface area contributed by atoms with E-state index < -0.39 is 5.63 Å². The molecule has 2 aromatic heterocycles. The third-order valence-corrected chi connectivity index (χ3v) is 3.25.